The molecule has 0 unspecified atom stereocenters. The second-order valence-electron chi connectivity index (χ2n) is 16.9. The maximum Gasteiger partial charge on any atom is 0.156 e. The van der Waals surface area contributed by atoms with Crippen LogP contribution in [0.25, 0.3) is 135 Å². The monoisotopic (exact) mass is 829 g/mol. The Balaban J connectivity index is 0.876. The minimum Gasteiger partial charge on any atom is -0.291 e. The molecule has 0 atom stereocenters. The van der Waals surface area contributed by atoms with Gasteiger partial charge in [-0.2, -0.15) is 0 Å². The second kappa shape index (κ2) is 13.7. The highest BCUT2D eigenvalue weighted by atomic mass is 32.1. The van der Waals surface area contributed by atoms with Crippen LogP contribution in [0.15, 0.2) is 212 Å². The first-order valence-corrected chi connectivity index (χ1v) is 22.6. The third kappa shape index (κ3) is 5.21. The molecule has 0 radical (unpaired) electrons. The van der Waals surface area contributed by atoms with Crippen LogP contribution in [-0.2, 0) is 0 Å². The Kier molecular flexibility index (Phi) is 7.56. The van der Waals surface area contributed by atoms with E-state index in [-0.39, 0.29) is 0 Å². The summed E-state index contributed by atoms with van der Waals surface area (Å²) in [5.74, 6) is 0. The fourth-order valence-electron chi connectivity index (χ4n) is 10.4. The zero-order chi connectivity index (χ0) is 41.9. The summed E-state index contributed by atoms with van der Waals surface area (Å²) in [5, 5.41) is 13.4. The number of pyridine rings is 2. The summed E-state index contributed by atoms with van der Waals surface area (Å²) in [4.78, 5) is 10.2. The number of nitrogens with zero attached hydrogens (tertiary/aromatic N) is 3. The van der Waals surface area contributed by atoms with Crippen molar-refractivity contribution in [2.45, 2.75) is 0 Å². The van der Waals surface area contributed by atoms with Gasteiger partial charge in [-0.25, -0.2) is 4.98 Å². The van der Waals surface area contributed by atoms with Crippen LogP contribution in [0, 0.1) is 0 Å². The molecule has 0 amide bonds. The topological polar surface area (TPSA) is 30.2 Å². The molecule has 4 heterocycles. The van der Waals surface area contributed by atoms with E-state index in [1.54, 1.807) is 0 Å². The molecule has 64 heavy (non-hydrogen) atoms. The Morgan fingerprint density at radius 1 is 0.359 bits per heavy atom. The van der Waals surface area contributed by atoms with Crippen molar-refractivity contribution in [2.75, 3.05) is 0 Å². The van der Waals surface area contributed by atoms with Crippen LogP contribution in [0.3, 0.4) is 0 Å². The molecule has 0 saturated heterocycles. The zero-order valence-corrected chi connectivity index (χ0v) is 35.3. The van der Waals surface area contributed by atoms with Crippen molar-refractivity contribution in [3.05, 3.63) is 212 Å². The normalized spacial score (nSPS) is 12.1. The Bertz CT molecular complexity index is 4230. The molecule has 4 heteroatoms. The molecule has 0 aliphatic rings. The SMILES string of the molecule is c1ccc2c(c1)ccc1c2ccc2c1nc1c3sc4ccccc4c3cc(-c3ccc(-c4ccc(-c5ccc(-c6cccc7c6ccc6cccnc67)cc5)c5ccccc45)cc3)n21. The van der Waals surface area contributed by atoms with Crippen molar-refractivity contribution in [1.82, 2.24) is 14.4 Å². The lowest BCUT2D eigenvalue weighted by atomic mass is 9.90. The predicted molar refractivity (Wildman–Crippen MR) is 273 cm³/mol. The lowest BCUT2D eigenvalue weighted by Gasteiger charge is -2.14. The summed E-state index contributed by atoms with van der Waals surface area (Å²) in [5.41, 5.74) is 13.7. The molecule has 296 valence electrons. The summed E-state index contributed by atoms with van der Waals surface area (Å²) in [6.45, 7) is 0. The second-order valence-corrected chi connectivity index (χ2v) is 17.9. The van der Waals surface area contributed by atoms with Gasteiger partial charge in [0.05, 0.1) is 26.9 Å². The summed E-state index contributed by atoms with van der Waals surface area (Å²) >= 11 is 1.83. The summed E-state index contributed by atoms with van der Waals surface area (Å²) in [6, 6.07) is 75.5. The van der Waals surface area contributed by atoms with E-state index in [0.717, 1.165) is 38.8 Å². The molecule has 14 rings (SSSR count). The molecule has 0 saturated carbocycles. The molecular formula is C60H35N3S. The predicted octanol–water partition coefficient (Wildman–Crippen LogP) is 16.7. The Hall–Kier alpha value is -8.18. The molecule has 10 aromatic carbocycles. The summed E-state index contributed by atoms with van der Waals surface area (Å²) in [7, 11) is 0. The van der Waals surface area contributed by atoms with Gasteiger partial charge in [-0.15, -0.1) is 11.3 Å². The highest BCUT2D eigenvalue weighted by Crippen LogP contribution is 2.43. The largest absolute Gasteiger partial charge is 0.291 e. The van der Waals surface area contributed by atoms with E-state index in [1.165, 1.54) is 96.6 Å². The Morgan fingerprint density at radius 2 is 0.922 bits per heavy atom. The van der Waals surface area contributed by atoms with E-state index in [1.807, 2.05) is 23.6 Å². The number of hydrogen-bond acceptors (Lipinski definition) is 3. The molecule has 3 nitrogen and oxygen atoms in total. The van der Waals surface area contributed by atoms with Gasteiger partial charge in [-0.05, 0) is 95.5 Å². The minimum absolute atomic E-state index is 1.01. The van der Waals surface area contributed by atoms with Gasteiger partial charge in [-0.1, -0.05) is 182 Å². The average molecular weight is 830 g/mol. The van der Waals surface area contributed by atoms with Crippen molar-refractivity contribution in [1.29, 1.82) is 0 Å². The highest BCUT2D eigenvalue weighted by molar-refractivity contribution is 7.26. The molecule has 0 fully saturated rings. The van der Waals surface area contributed by atoms with Crippen LogP contribution in [-0.4, -0.2) is 14.4 Å². The van der Waals surface area contributed by atoms with Gasteiger partial charge in [0.25, 0.3) is 0 Å². The molecule has 0 bridgehead atoms. The van der Waals surface area contributed by atoms with Crippen LogP contribution >= 0.6 is 11.3 Å². The van der Waals surface area contributed by atoms with Gasteiger partial charge < -0.3 is 0 Å². The lowest BCUT2D eigenvalue weighted by molar-refractivity contribution is 1.25. The molecule has 0 aliphatic carbocycles. The van der Waals surface area contributed by atoms with Crippen LogP contribution in [0.4, 0.5) is 0 Å². The minimum atomic E-state index is 1.01. The van der Waals surface area contributed by atoms with Gasteiger partial charge in [0.2, 0.25) is 0 Å². The van der Waals surface area contributed by atoms with E-state index in [4.69, 9.17) is 9.97 Å². The fourth-order valence-corrected chi connectivity index (χ4v) is 11.6. The number of hydrogen-bond donors (Lipinski definition) is 0. The standard InChI is InChI=1S/C60H35N3S/c1-2-11-42-36(9-1)26-29-52-49(42)32-33-54-58(52)62-60-59-53(50-14-5-6-17-56(50)64-59)35-55(63(54)60)40-24-22-39(23-25-40)45-31-30-44(46-12-3-4-13-47(45)46)38-20-18-37(19-21-38)43-15-7-16-51-48(43)28-27-41-10-8-34-61-57(41)51/h1-35H. The first kappa shape index (κ1) is 35.4. The third-order valence-corrected chi connectivity index (χ3v) is 14.6. The van der Waals surface area contributed by atoms with Crippen molar-refractivity contribution in [3.63, 3.8) is 0 Å². The van der Waals surface area contributed by atoms with E-state index in [0.29, 0.717) is 0 Å². The van der Waals surface area contributed by atoms with E-state index >= 15 is 0 Å². The quantitative estimate of drug-likeness (QED) is 0.165. The lowest BCUT2D eigenvalue weighted by Crippen LogP contribution is -1.93. The zero-order valence-electron chi connectivity index (χ0n) is 34.5. The third-order valence-electron chi connectivity index (χ3n) is 13.5. The number of imidazole rings is 1. The Morgan fingerprint density at radius 3 is 1.69 bits per heavy atom. The first-order valence-electron chi connectivity index (χ1n) is 21.8. The summed E-state index contributed by atoms with van der Waals surface area (Å²) in [6.07, 6.45) is 1.88. The molecular weight excluding hydrogens is 795 g/mol. The van der Waals surface area contributed by atoms with Crippen molar-refractivity contribution in [3.8, 4) is 44.6 Å². The van der Waals surface area contributed by atoms with Crippen molar-refractivity contribution >= 4 is 102 Å². The van der Waals surface area contributed by atoms with Crippen LogP contribution in [0.5, 0.6) is 0 Å². The van der Waals surface area contributed by atoms with Crippen LogP contribution < -0.4 is 0 Å². The molecule has 14 aromatic rings. The van der Waals surface area contributed by atoms with Crippen LogP contribution in [0.2, 0.25) is 0 Å². The van der Waals surface area contributed by atoms with Crippen molar-refractivity contribution in [2.24, 2.45) is 0 Å². The van der Waals surface area contributed by atoms with E-state index in [9.17, 15) is 0 Å². The summed E-state index contributed by atoms with van der Waals surface area (Å²) < 4.78 is 4.89. The van der Waals surface area contributed by atoms with Crippen molar-refractivity contribution < 1.29 is 0 Å². The van der Waals surface area contributed by atoms with Gasteiger partial charge in [0, 0.05) is 37.8 Å². The number of benzene rings is 10. The Labute approximate surface area is 371 Å². The van der Waals surface area contributed by atoms with Gasteiger partial charge in [0.15, 0.2) is 5.65 Å². The maximum atomic E-state index is 5.51. The highest BCUT2D eigenvalue weighted by Gasteiger charge is 2.20. The molecule has 0 N–H and O–H groups in total. The number of rotatable bonds is 4. The van der Waals surface area contributed by atoms with Gasteiger partial charge in [0.1, 0.15) is 0 Å². The maximum absolute atomic E-state index is 5.51. The number of thiophene rings is 1. The molecule has 0 spiro atoms. The molecule has 4 aromatic heterocycles. The van der Waals surface area contributed by atoms with E-state index < -0.39 is 0 Å². The smallest absolute Gasteiger partial charge is 0.156 e. The molecule has 0 aliphatic heterocycles. The van der Waals surface area contributed by atoms with Crippen LogP contribution in [0.1, 0.15) is 0 Å². The first-order chi connectivity index (χ1) is 31.7. The number of aromatic nitrogens is 3. The average Bonchev–Trinajstić information content (AvgIpc) is 3.95. The van der Waals surface area contributed by atoms with E-state index in [2.05, 4.69) is 205 Å². The van der Waals surface area contributed by atoms with Gasteiger partial charge in [-0.3, -0.25) is 9.38 Å². The fraction of sp³-hybridized carbons (Fsp3) is 0. The number of fused-ring (bicyclic) bond motifs is 15. The van der Waals surface area contributed by atoms with Gasteiger partial charge >= 0.3 is 0 Å².